The molecule has 2 aliphatic heterocycles. The Hall–Kier alpha value is -1.86. The predicted octanol–water partition coefficient (Wildman–Crippen LogP) is 4.76. The Bertz CT molecular complexity index is 1140. The molecule has 0 spiro atoms. The summed E-state index contributed by atoms with van der Waals surface area (Å²) in [4.78, 5) is 13.0. The molecule has 226 valence electrons. The van der Waals surface area contributed by atoms with E-state index in [4.69, 9.17) is 23.1 Å². The molecule has 5 atom stereocenters. The van der Waals surface area contributed by atoms with Crippen LogP contribution in [0.2, 0.25) is 23.2 Å². The van der Waals surface area contributed by atoms with Crippen LogP contribution in [-0.2, 0) is 27.9 Å². The first kappa shape index (κ1) is 32.1. The van der Waals surface area contributed by atoms with Gasteiger partial charge < -0.3 is 28.2 Å². The van der Waals surface area contributed by atoms with E-state index in [1.54, 1.807) is 6.92 Å². The highest BCUT2D eigenvalue weighted by Gasteiger charge is 2.66. The number of benzene rings is 2. The van der Waals surface area contributed by atoms with Gasteiger partial charge in [0.05, 0.1) is 25.4 Å². The second-order valence-electron chi connectivity index (χ2n) is 13.8. The molecule has 2 fully saturated rings. The quantitative estimate of drug-likeness (QED) is 0.311. The van der Waals surface area contributed by atoms with E-state index in [2.05, 4.69) is 78.9 Å². The van der Waals surface area contributed by atoms with E-state index >= 15 is 0 Å². The van der Waals surface area contributed by atoms with Gasteiger partial charge in [0.25, 0.3) is 14.1 Å². The Morgan fingerprint density at radius 2 is 1.49 bits per heavy atom. The third-order valence-corrected chi connectivity index (χ3v) is 18.5. The molecule has 41 heavy (non-hydrogen) atoms. The Kier molecular flexibility index (Phi) is 9.13. The highest BCUT2D eigenvalue weighted by molar-refractivity contribution is 6.99. The molecular weight excluding hydrogens is 553 g/mol. The van der Waals surface area contributed by atoms with Crippen LogP contribution in [0.3, 0.4) is 0 Å². The summed E-state index contributed by atoms with van der Waals surface area (Å²) in [5.74, 6) is -2.26. The number of esters is 1. The second-order valence-corrected chi connectivity index (χ2v) is 22.9. The number of aliphatic hydroxyl groups is 1. The molecule has 9 heteroatoms. The van der Waals surface area contributed by atoms with Gasteiger partial charge >= 0.3 is 5.97 Å². The molecule has 2 aromatic carbocycles. The van der Waals surface area contributed by atoms with Gasteiger partial charge in [0.2, 0.25) is 0 Å². The minimum Gasteiger partial charge on any atom is -0.462 e. The van der Waals surface area contributed by atoms with Crippen LogP contribution in [0.5, 0.6) is 0 Å². The monoisotopic (exact) mass is 600 g/mol. The molecule has 0 radical (unpaired) electrons. The second kappa shape index (κ2) is 11.7. The number of ether oxygens (including phenoxy) is 3. The summed E-state index contributed by atoms with van der Waals surface area (Å²) in [5, 5.41) is 13.0. The third kappa shape index (κ3) is 6.00. The fourth-order valence-corrected chi connectivity index (χ4v) is 11.4. The van der Waals surface area contributed by atoms with Crippen molar-refractivity contribution in [1.82, 2.24) is 0 Å². The summed E-state index contributed by atoms with van der Waals surface area (Å²) >= 11 is 0. The molecule has 2 bridgehead atoms. The van der Waals surface area contributed by atoms with Crippen molar-refractivity contribution in [2.24, 2.45) is 0 Å². The fraction of sp³-hybridized carbons (Fsp3) is 0.594. The van der Waals surface area contributed by atoms with Crippen molar-refractivity contribution in [1.29, 1.82) is 0 Å². The molecule has 0 saturated carbocycles. The van der Waals surface area contributed by atoms with Gasteiger partial charge in [-0.15, -0.1) is 0 Å². The van der Waals surface area contributed by atoms with E-state index in [0.29, 0.717) is 0 Å². The highest BCUT2D eigenvalue weighted by Crippen LogP contribution is 2.47. The lowest BCUT2D eigenvalue weighted by Gasteiger charge is -2.47. The van der Waals surface area contributed by atoms with Crippen molar-refractivity contribution in [3.63, 3.8) is 0 Å². The van der Waals surface area contributed by atoms with Gasteiger partial charge in [0, 0.05) is 6.42 Å². The molecule has 2 aliphatic rings. The van der Waals surface area contributed by atoms with Crippen molar-refractivity contribution in [3.05, 3.63) is 60.7 Å². The van der Waals surface area contributed by atoms with E-state index in [-0.39, 0.29) is 29.7 Å². The standard InChI is InChI=1S/C32H48O7Si2/c1-10-35-29(34)32-21-25(33)27(37-32)28(38-32)26(22-36-40(8,9)30(2,3)4)39-41(31(5,6)7,23-17-13-11-14-18-23)24-19-15-12-16-20-24/h11-20,25-28,33H,10,21-22H2,1-9H3/t25-,26+,27+,28+,32-/m0/s1. The topological polar surface area (TPSA) is 83.5 Å². The van der Waals surface area contributed by atoms with E-state index in [1.165, 1.54) is 0 Å². The van der Waals surface area contributed by atoms with Crippen molar-refractivity contribution < 1.29 is 33.0 Å². The van der Waals surface area contributed by atoms with Gasteiger partial charge in [0.15, 0.2) is 8.32 Å². The summed E-state index contributed by atoms with van der Waals surface area (Å²) < 4.78 is 32.2. The van der Waals surface area contributed by atoms with Gasteiger partial charge in [0.1, 0.15) is 12.2 Å². The molecule has 0 unspecified atom stereocenters. The predicted molar refractivity (Wildman–Crippen MR) is 165 cm³/mol. The van der Waals surface area contributed by atoms with Crippen LogP contribution < -0.4 is 10.4 Å². The summed E-state index contributed by atoms with van der Waals surface area (Å²) in [5.41, 5.74) is 0. The smallest absolute Gasteiger partial charge is 0.366 e. The maximum Gasteiger partial charge on any atom is 0.366 e. The van der Waals surface area contributed by atoms with E-state index in [1.807, 2.05) is 36.4 Å². The Morgan fingerprint density at radius 1 is 0.951 bits per heavy atom. The maximum absolute atomic E-state index is 13.0. The number of rotatable bonds is 10. The number of aliphatic hydroxyl groups excluding tert-OH is 1. The average Bonchev–Trinajstić information content (AvgIpc) is 3.45. The average molecular weight is 601 g/mol. The lowest BCUT2D eigenvalue weighted by molar-refractivity contribution is -0.213. The number of carbonyl (C=O) groups excluding carboxylic acids is 1. The van der Waals surface area contributed by atoms with Crippen molar-refractivity contribution in [2.75, 3.05) is 13.2 Å². The van der Waals surface area contributed by atoms with Crippen LogP contribution in [-0.4, -0.2) is 71.1 Å². The highest BCUT2D eigenvalue weighted by atomic mass is 28.4. The SMILES string of the molecule is CCOC(=O)[C@@]12C[C@H](O)[C@@H](O1)[C@@H]([C@@H](CO[Si](C)(C)C(C)(C)C)O[Si](c1ccccc1)(c1ccccc1)C(C)(C)C)O2. The number of fused-ring (bicyclic) bond motifs is 2. The zero-order chi connectivity index (χ0) is 30.3. The summed E-state index contributed by atoms with van der Waals surface area (Å²) in [7, 11) is -5.24. The normalized spacial score (nSPS) is 25.8. The van der Waals surface area contributed by atoms with Crippen molar-refractivity contribution in [2.45, 2.75) is 108 Å². The van der Waals surface area contributed by atoms with Gasteiger partial charge in [-0.1, -0.05) is 102 Å². The maximum atomic E-state index is 13.0. The minimum atomic E-state index is -3.04. The minimum absolute atomic E-state index is 0.0212. The Morgan fingerprint density at radius 3 is 1.95 bits per heavy atom. The zero-order valence-corrected chi connectivity index (χ0v) is 28.1. The molecule has 2 saturated heterocycles. The molecule has 1 N–H and O–H groups in total. The molecular formula is C32H48O7Si2. The third-order valence-electron chi connectivity index (χ3n) is 8.95. The van der Waals surface area contributed by atoms with Crippen LogP contribution in [0.4, 0.5) is 0 Å². The molecule has 0 aromatic heterocycles. The van der Waals surface area contributed by atoms with Gasteiger partial charge in [-0.2, -0.15) is 0 Å². The largest absolute Gasteiger partial charge is 0.462 e. The van der Waals surface area contributed by atoms with Crippen LogP contribution in [0.15, 0.2) is 60.7 Å². The van der Waals surface area contributed by atoms with Crippen molar-refractivity contribution >= 4 is 33.0 Å². The lowest BCUT2D eigenvalue weighted by atomic mass is 9.98. The van der Waals surface area contributed by atoms with E-state index in [0.717, 1.165) is 10.4 Å². The first-order valence-corrected chi connectivity index (χ1v) is 19.5. The van der Waals surface area contributed by atoms with Crippen molar-refractivity contribution in [3.8, 4) is 0 Å². The number of carbonyl (C=O) groups is 1. The summed E-state index contributed by atoms with van der Waals surface area (Å²) in [6, 6.07) is 20.8. The molecule has 2 aromatic rings. The molecule has 4 rings (SSSR count). The fourth-order valence-electron chi connectivity index (χ4n) is 5.72. The Balaban J connectivity index is 1.84. The zero-order valence-electron chi connectivity index (χ0n) is 26.1. The molecule has 2 heterocycles. The van der Waals surface area contributed by atoms with E-state index < -0.39 is 52.8 Å². The lowest BCUT2D eigenvalue weighted by Crippen LogP contribution is -2.69. The first-order chi connectivity index (χ1) is 19.1. The summed E-state index contributed by atoms with van der Waals surface area (Å²) in [6.07, 6.45) is -2.95. The molecule has 0 aliphatic carbocycles. The van der Waals surface area contributed by atoms with Crippen LogP contribution in [0.25, 0.3) is 0 Å². The molecule has 7 nitrogen and oxygen atoms in total. The van der Waals surface area contributed by atoms with Gasteiger partial charge in [-0.3, -0.25) is 0 Å². The summed E-state index contributed by atoms with van der Waals surface area (Å²) in [6.45, 7) is 19.9. The number of hydrogen-bond acceptors (Lipinski definition) is 7. The molecule has 0 amide bonds. The first-order valence-electron chi connectivity index (χ1n) is 14.7. The Labute approximate surface area is 247 Å². The number of hydrogen-bond donors (Lipinski definition) is 1. The van der Waals surface area contributed by atoms with Crippen LogP contribution in [0.1, 0.15) is 54.9 Å². The van der Waals surface area contributed by atoms with E-state index in [9.17, 15) is 9.90 Å². The van der Waals surface area contributed by atoms with Crippen LogP contribution >= 0.6 is 0 Å². The van der Waals surface area contributed by atoms with Gasteiger partial charge in [-0.05, 0) is 40.5 Å². The van der Waals surface area contributed by atoms with Gasteiger partial charge in [-0.25, -0.2) is 4.79 Å². The van der Waals surface area contributed by atoms with Crippen LogP contribution in [0, 0.1) is 0 Å².